The van der Waals surface area contributed by atoms with Crippen LogP contribution in [0.1, 0.15) is 32.3 Å². The Morgan fingerprint density at radius 1 is 1.29 bits per heavy atom. The van der Waals surface area contributed by atoms with Gasteiger partial charge in [0.1, 0.15) is 0 Å². The molecule has 0 fully saturated rings. The lowest BCUT2D eigenvalue weighted by Gasteiger charge is -2.13. The van der Waals surface area contributed by atoms with Crippen molar-refractivity contribution in [3.8, 4) is 5.69 Å². The summed E-state index contributed by atoms with van der Waals surface area (Å²) in [6, 6.07) is 8.44. The second-order valence-electron chi connectivity index (χ2n) is 6.04. The summed E-state index contributed by atoms with van der Waals surface area (Å²) in [5.41, 5.74) is 2.35. The van der Waals surface area contributed by atoms with E-state index in [0.29, 0.717) is 18.3 Å². The molecule has 0 aliphatic carbocycles. The smallest absolute Gasteiger partial charge is 0.230 e. The van der Waals surface area contributed by atoms with E-state index < -0.39 is 0 Å². The molecule has 24 heavy (non-hydrogen) atoms. The van der Waals surface area contributed by atoms with Gasteiger partial charge in [0, 0.05) is 31.2 Å². The topological polar surface area (TPSA) is 56.1 Å². The molecule has 1 aromatic heterocycles. The molecular weight excluding hydrogens is 322 g/mol. The average Bonchev–Trinajstić information content (AvgIpc) is 3.01. The quantitative estimate of drug-likeness (QED) is 0.745. The molecule has 1 atom stereocenters. The van der Waals surface area contributed by atoms with E-state index in [1.54, 1.807) is 13.3 Å². The van der Waals surface area contributed by atoms with Crippen molar-refractivity contribution >= 4 is 17.7 Å². The molecule has 130 valence electrons. The van der Waals surface area contributed by atoms with Gasteiger partial charge in [-0.3, -0.25) is 9.36 Å². The lowest BCUT2D eigenvalue weighted by atomic mass is 10.0. The molecule has 0 spiro atoms. The van der Waals surface area contributed by atoms with Crippen LogP contribution in [-0.4, -0.2) is 41.0 Å². The van der Waals surface area contributed by atoms with Crippen molar-refractivity contribution in [2.75, 3.05) is 19.5 Å². The van der Waals surface area contributed by atoms with E-state index in [2.05, 4.69) is 48.4 Å². The Hall–Kier alpha value is -1.79. The number of hydrogen-bond donors (Lipinski definition) is 1. The number of rotatable bonds is 8. The number of nitrogens with zero attached hydrogens (tertiary/aromatic N) is 2. The summed E-state index contributed by atoms with van der Waals surface area (Å²) < 4.78 is 7.02. The summed E-state index contributed by atoms with van der Waals surface area (Å²) in [5, 5.41) is 3.71. The van der Waals surface area contributed by atoms with Gasteiger partial charge in [0.2, 0.25) is 5.91 Å². The van der Waals surface area contributed by atoms with Crippen LogP contribution in [0.15, 0.2) is 41.8 Å². The monoisotopic (exact) mass is 347 g/mol. The van der Waals surface area contributed by atoms with Crippen molar-refractivity contribution in [2.24, 2.45) is 0 Å². The van der Waals surface area contributed by atoms with Gasteiger partial charge in [-0.05, 0) is 30.5 Å². The molecule has 1 amide bonds. The molecule has 1 aromatic carbocycles. The van der Waals surface area contributed by atoms with E-state index in [1.165, 1.54) is 17.3 Å². The predicted octanol–water partition coefficient (Wildman–Crippen LogP) is 3.24. The standard InChI is InChI=1S/C18H25N3O2S/c1-13(2)15-5-7-16(8-6-15)21-10-9-19-18(21)24-12-17(22)20-14(3)11-23-4/h5-10,13-14H,11-12H2,1-4H3,(H,20,22). The van der Waals surface area contributed by atoms with E-state index in [9.17, 15) is 4.79 Å². The molecule has 0 aliphatic heterocycles. The Morgan fingerprint density at radius 3 is 2.62 bits per heavy atom. The lowest BCUT2D eigenvalue weighted by Crippen LogP contribution is -2.36. The molecule has 5 nitrogen and oxygen atoms in total. The van der Waals surface area contributed by atoms with E-state index in [1.807, 2.05) is 17.7 Å². The summed E-state index contributed by atoms with van der Waals surface area (Å²) in [7, 11) is 1.62. The number of carbonyl (C=O) groups excluding carboxylic acids is 1. The summed E-state index contributed by atoms with van der Waals surface area (Å²) >= 11 is 1.43. The van der Waals surface area contributed by atoms with Gasteiger partial charge in [-0.25, -0.2) is 4.98 Å². The first-order chi connectivity index (χ1) is 11.5. The fourth-order valence-corrected chi connectivity index (χ4v) is 3.14. The van der Waals surface area contributed by atoms with Crippen LogP contribution in [0, 0.1) is 0 Å². The Labute approximate surface area is 147 Å². The zero-order valence-corrected chi connectivity index (χ0v) is 15.5. The number of carbonyl (C=O) groups is 1. The molecule has 0 aliphatic rings. The number of imidazole rings is 1. The van der Waals surface area contributed by atoms with Gasteiger partial charge < -0.3 is 10.1 Å². The Kier molecular flexibility index (Phi) is 6.87. The minimum Gasteiger partial charge on any atom is -0.383 e. The first kappa shape index (κ1) is 18.5. The lowest BCUT2D eigenvalue weighted by molar-refractivity contribution is -0.119. The van der Waals surface area contributed by atoms with Gasteiger partial charge in [-0.15, -0.1) is 0 Å². The van der Waals surface area contributed by atoms with Gasteiger partial charge in [0.25, 0.3) is 0 Å². The van der Waals surface area contributed by atoms with Gasteiger partial charge in [0.05, 0.1) is 12.4 Å². The Bertz CT molecular complexity index is 653. The fourth-order valence-electron chi connectivity index (χ4n) is 2.35. The van der Waals surface area contributed by atoms with E-state index in [0.717, 1.165) is 10.8 Å². The normalized spacial score (nSPS) is 12.4. The number of methoxy groups -OCH3 is 1. The van der Waals surface area contributed by atoms with Crippen LogP contribution in [0.4, 0.5) is 0 Å². The van der Waals surface area contributed by atoms with Crippen LogP contribution in [0.5, 0.6) is 0 Å². The van der Waals surface area contributed by atoms with Crippen LogP contribution >= 0.6 is 11.8 Å². The van der Waals surface area contributed by atoms with E-state index >= 15 is 0 Å². The van der Waals surface area contributed by atoms with Crippen LogP contribution in [0.3, 0.4) is 0 Å². The first-order valence-corrected chi connectivity index (χ1v) is 9.04. The third-order valence-corrected chi connectivity index (χ3v) is 4.57. The maximum Gasteiger partial charge on any atom is 0.230 e. The maximum atomic E-state index is 12.0. The Balaban J connectivity index is 1.99. The highest BCUT2D eigenvalue weighted by molar-refractivity contribution is 7.99. The highest BCUT2D eigenvalue weighted by Gasteiger charge is 2.11. The van der Waals surface area contributed by atoms with Crippen molar-refractivity contribution < 1.29 is 9.53 Å². The SMILES string of the molecule is COCC(C)NC(=O)CSc1nccn1-c1ccc(C(C)C)cc1. The van der Waals surface area contributed by atoms with Gasteiger partial charge in [-0.2, -0.15) is 0 Å². The molecule has 1 heterocycles. The number of benzene rings is 1. The van der Waals surface area contributed by atoms with Crippen LogP contribution < -0.4 is 5.32 Å². The summed E-state index contributed by atoms with van der Waals surface area (Å²) in [5.74, 6) is 0.817. The summed E-state index contributed by atoms with van der Waals surface area (Å²) in [6.07, 6.45) is 3.67. The molecule has 2 aromatic rings. The highest BCUT2D eigenvalue weighted by Crippen LogP contribution is 2.22. The van der Waals surface area contributed by atoms with E-state index in [-0.39, 0.29) is 11.9 Å². The molecular formula is C18H25N3O2S. The van der Waals surface area contributed by atoms with Crippen molar-refractivity contribution in [3.63, 3.8) is 0 Å². The minimum atomic E-state index is -0.0192. The molecule has 2 rings (SSSR count). The van der Waals surface area contributed by atoms with Crippen molar-refractivity contribution in [3.05, 3.63) is 42.2 Å². The Morgan fingerprint density at radius 2 is 2.00 bits per heavy atom. The van der Waals surface area contributed by atoms with Crippen LogP contribution in [-0.2, 0) is 9.53 Å². The highest BCUT2D eigenvalue weighted by atomic mass is 32.2. The zero-order chi connectivity index (χ0) is 17.5. The first-order valence-electron chi connectivity index (χ1n) is 8.06. The number of nitrogens with one attached hydrogen (secondary N) is 1. The van der Waals surface area contributed by atoms with Gasteiger partial charge in [-0.1, -0.05) is 37.7 Å². The molecule has 0 bridgehead atoms. The molecule has 0 radical (unpaired) electrons. The minimum absolute atomic E-state index is 0.00595. The molecule has 1 N–H and O–H groups in total. The third-order valence-electron chi connectivity index (χ3n) is 3.60. The number of amides is 1. The van der Waals surface area contributed by atoms with Crippen molar-refractivity contribution in [2.45, 2.75) is 37.9 Å². The largest absolute Gasteiger partial charge is 0.383 e. The number of ether oxygens (including phenoxy) is 1. The summed E-state index contributed by atoms with van der Waals surface area (Å²) in [4.78, 5) is 16.3. The number of thioether (sulfide) groups is 1. The fraction of sp³-hybridized carbons (Fsp3) is 0.444. The molecule has 0 saturated carbocycles. The number of hydrogen-bond acceptors (Lipinski definition) is 4. The van der Waals surface area contributed by atoms with Crippen LogP contribution in [0.25, 0.3) is 5.69 Å². The zero-order valence-electron chi connectivity index (χ0n) is 14.7. The molecule has 6 heteroatoms. The molecule has 0 saturated heterocycles. The summed E-state index contributed by atoms with van der Waals surface area (Å²) in [6.45, 7) is 6.78. The maximum absolute atomic E-state index is 12.0. The average molecular weight is 347 g/mol. The second-order valence-corrected chi connectivity index (χ2v) is 6.98. The predicted molar refractivity (Wildman–Crippen MR) is 97.9 cm³/mol. The van der Waals surface area contributed by atoms with Crippen molar-refractivity contribution in [1.29, 1.82) is 0 Å². The molecule has 1 unspecified atom stereocenters. The van der Waals surface area contributed by atoms with Gasteiger partial charge in [0.15, 0.2) is 5.16 Å². The third kappa shape index (κ3) is 5.11. The number of aromatic nitrogens is 2. The van der Waals surface area contributed by atoms with E-state index in [4.69, 9.17) is 4.74 Å². The van der Waals surface area contributed by atoms with Crippen molar-refractivity contribution in [1.82, 2.24) is 14.9 Å². The van der Waals surface area contributed by atoms with Crippen LogP contribution in [0.2, 0.25) is 0 Å². The second kappa shape index (κ2) is 8.89. The van der Waals surface area contributed by atoms with Gasteiger partial charge >= 0.3 is 0 Å².